The SMILES string of the molecule is CC(=O)c1sc(NC(=O)Cc2ccc(C)cc2C)nc1-c1ccccc1. The summed E-state index contributed by atoms with van der Waals surface area (Å²) in [4.78, 5) is 29.4. The molecule has 0 saturated heterocycles. The fourth-order valence-electron chi connectivity index (χ4n) is 2.78. The van der Waals surface area contributed by atoms with E-state index in [1.165, 1.54) is 23.8 Å². The maximum Gasteiger partial charge on any atom is 0.230 e. The first-order valence-corrected chi connectivity index (χ1v) is 9.19. The minimum Gasteiger partial charge on any atom is -0.302 e. The number of aromatic nitrogens is 1. The minimum absolute atomic E-state index is 0.0590. The number of Topliss-reactive ketones (excluding diaryl/α,β-unsaturated/α-hetero) is 1. The Hall–Kier alpha value is -2.79. The Labute approximate surface area is 156 Å². The van der Waals surface area contributed by atoms with Crippen LogP contribution in [0.5, 0.6) is 0 Å². The first kappa shape index (κ1) is 18.0. The van der Waals surface area contributed by atoms with Crippen LogP contribution in [0.15, 0.2) is 48.5 Å². The summed E-state index contributed by atoms with van der Waals surface area (Å²) in [7, 11) is 0. The molecule has 5 heteroatoms. The molecule has 26 heavy (non-hydrogen) atoms. The number of rotatable bonds is 5. The Morgan fingerprint density at radius 2 is 1.81 bits per heavy atom. The first-order valence-electron chi connectivity index (χ1n) is 8.37. The van der Waals surface area contributed by atoms with Gasteiger partial charge in [-0.15, -0.1) is 0 Å². The third kappa shape index (κ3) is 4.06. The Bertz CT molecular complexity index is 961. The molecule has 3 rings (SSSR count). The van der Waals surface area contributed by atoms with Gasteiger partial charge in [0.15, 0.2) is 10.9 Å². The number of carbonyl (C=O) groups excluding carboxylic acids is 2. The average Bonchev–Trinajstić information content (AvgIpc) is 3.02. The number of anilines is 1. The summed E-state index contributed by atoms with van der Waals surface area (Å²) in [6.07, 6.45) is 0.280. The zero-order chi connectivity index (χ0) is 18.7. The summed E-state index contributed by atoms with van der Waals surface area (Å²) in [6.45, 7) is 5.54. The standard InChI is InChI=1S/C21H20N2O2S/c1-13-9-10-17(14(2)11-13)12-18(25)22-21-23-19(20(26-21)15(3)24)16-7-5-4-6-8-16/h4-11H,12H2,1-3H3,(H,22,23,25). The molecule has 2 aromatic carbocycles. The number of aryl methyl sites for hydroxylation is 2. The van der Waals surface area contributed by atoms with Crippen molar-refractivity contribution in [3.63, 3.8) is 0 Å². The largest absolute Gasteiger partial charge is 0.302 e. The highest BCUT2D eigenvalue weighted by molar-refractivity contribution is 7.18. The maximum atomic E-state index is 12.4. The van der Waals surface area contributed by atoms with Gasteiger partial charge in [0.2, 0.25) is 5.91 Å². The predicted molar refractivity (Wildman–Crippen MR) is 106 cm³/mol. The van der Waals surface area contributed by atoms with Crippen molar-refractivity contribution in [1.29, 1.82) is 0 Å². The highest BCUT2D eigenvalue weighted by atomic mass is 32.1. The summed E-state index contributed by atoms with van der Waals surface area (Å²) in [5.41, 5.74) is 4.73. The number of thiazole rings is 1. The molecule has 0 unspecified atom stereocenters. The molecule has 1 heterocycles. The number of benzene rings is 2. The molecule has 1 N–H and O–H groups in total. The molecule has 4 nitrogen and oxygen atoms in total. The number of nitrogens with one attached hydrogen (secondary N) is 1. The van der Waals surface area contributed by atoms with Gasteiger partial charge in [0.05, 0.1) is 17.0 Å². The topological polar surface area (TPSA) is 59.1 Å². The van der Waals surface area contributed by atoms with Gasteiger partial charge in [0, 0.05) is 12.5 Å². The second-order valence-electron chi connectivity index (χ2n) is 6.27. The smallest absolute Gasteiger partial charge is 0.230 e. The van der Waals surface area contributed by atoms with E-state index >= 15 is 0 Å². The molecule has 0 aliphatic heterocycles. The summed E-state index contributed by atoms with van der Waals surface area (Å²) in [6, 6.07) is 15.6. The van der Waals surface area contributed by atoms with Crippen molar-refractivity contribution >= 4 is 28.2 Å². The van der Waals surface area contributed by atoms with Crippen LogP contribution < -0.4 is 5.32 Å². The highest BCUT2D eigenvalue weighted by Gasteiger charge is 2.18. The van der Waals surface area contributed by atoms with E-state index in [2.05, 4.69) is 16.4 Å². The van der Waals surface area contributed by atoms with Crippen LogP contribution in [0.1, 0.15) is 33.3 Å². The lowest BCUT2D eigenvalue weighted by atomic mass is 10.0. The van der Waals surface area contributed by atoms with Crippen LogP contribution in [0.25, 0.3) is 11.3 Å². The molecule has 0 aliphatic carbocycles. The third-order valence-corrected chi connectivity index (χ3v) is 5.16. The monoisotopic (exact) mass is 364 g/mol. The van der Waals surface area contributed by atoms with Gasteiger partial charge < -0.3 is 5.32 Å². The Morgan fingerprint density at radius 3 is 2.46 bits per heavy atom. The molecule has 0 saturated carbocycles. The van der Waals surface area contributed by atoms with Crippen LogP contribution in [0.2, 0.25) is 0 Å². The molecule has 0 radical (unpaired) electrons. The molecule has 132 valence electrons. The summed E-state index contributed by atoms with van der Waals surface area (Å²) in [5, 5.41) is 3.28. The number of hydrogen-bond donors (Lipinski definition) is 1. The summed E-state index contributed by atoms with van der Waals surface area (Å²) < 4.78 is 0. The summed E-state index contributed by atoms with van der Waals surface area (Å²) >= 11 is 1.22. The van der Waals surface area contributed by atoms with Gasteiger partial charge >= 0.3 is 0 Å². The lowest BCUT2D eigenvalue weighted by molar-refractivity contribution is -0.115. The van der Waals surface area contributed by atoms with Gasteiger partial charge in [-0.2, -0.15) is 0 Å². The lowest BCUT2D eigenvalue weighted by Crippen LogP contribution is -2.14. The molecule has 3 aromatic rings. The van der Waals surface area contributed by atoms with Crippen molar-refractivity contribution in [1.82, 2.24) is 4.98 Å². The normalized spacial score (nSPS) is 10.6. The van der Waals surface area contributed by atoms with Crippen LogP contribution in [0, 0.1) is 13.8 Å². The van der Waals surface area contributed by atoms with Gasteiger partial charge in [-0.05, 0) is 25.0 Å². The van der Waals surface area contributed by atoms with Crippen LogP contribution in [0.4, 0.5) is 5.13 Å². The van der Waals surface area contributed by atoms with E-state index in [1.54, 1.807) is 0 Å². The second-order valence-corrected chi connectivity index (χ2v) is 7.27. The number of nitrogens with zero attached hydrogens (tertiary/aromatic N) is 1. The Kier molecular flexibility index (Phi) is 5.28. The van der Waals surface area contributed by atoms with Crippen molar-refractivity contribution in [3.05, 3.63) is 70.1 Å². The van der Waals surface area contributed by atoms with Crippen molar-refractivity contribution in [3.8, 4) is 11.3 Å². The van der Waals surface area contributed by atoms with E-state index < -0.39 is 0 Å². The van der Waals surface area contributed by atoms with Gasteiger partial charge in [0.1, 0.15) is 0 Å². The Balaban J connectivity index is 1.81. The van der Waals surface area contributed by atoms with Crippen molar-refractivity contribution in [2.24, 2.45) is 0 Å². The minimum atomic E-state index is -0.139. The van der Waals surface area contributed by atoms with Crippen LogP contribution in [-0.2, 0) is 11.2 Å². The third-order valence-electron chi connectivity index (χ3n) is 4.09. The average molecular weight is 364 g/mol. The lowest BCUT2D eigenvalue weighted by Gasteiger charge is -2.06. The fourth-order valence-corrected chi connectivity index (χ4v) is 3.68. The number of ketones is 1. The van der Waals surface area contributed by atoms with E-state index in [4.69, 9.17) is 0 Å². The quantitative estimate of drug-likeness (QED) is 0.661. The zero-order valence-corrected chi connectivity index (χ0v) is 15.8. The molecular formula is C21H20N2O2S. The second kappa shape index (κ2) is 7.62. The maximum absolute atomic E-state index is 12.4. The molecule has 0 bridgehead atoms. The van der Waals surface area contributed by atoms with Crippen molar-refractivity contribution in [2.75, 3.05) is 5.32 Å². The fraction of sp³-hybridized carbons (Fsp3) is 0.190. The van der Waals surface area contributed by atoms with E-state index in [-0.39, 0.29) is 18.1 Å². The van der Waals surface area contributed by atoms with Crippen LogP contribution >= 0.6 is 11.3 Å². The molecule has 0 spiro atoms. The van der Waals surface area contributed by atoms with Crippen molar-refractivity contribution in [2.45, 2.75) is 27.2 Å². The highest BCUT2D eigenvalue weighted by Crippen LogP contribution is 2.31. The Morgan fingerprint density at radius 1 is 1.08 bits per heavy atom. The number of amides is 1. The van der Waals surface area contributed by atoms with E-state index in [9.17, 15) is 9.59 Å². The predicted octanol–water partition coefficient (Wildman–Crippen LogP) is 4.81. The van der Waals surface area contributed by atoms with Gasteiger partial charge in [-0.1, -0.05) is 65.4 Å². The number of hydrogen-bond acceptors (Lipinski definition) is 4. The zero-order valence-electron chi connectivity index (χ0n) is 15.0. The first-order chi connectivity index (χ1) is 12.4. The van der Waals surface area contributed by atoms with Crippen LogP contribution in [-0.4, -0.2) is 16.7 Å². The van der Waals surface area contributed by atoms with Crippen LogP contribution in [0.3, 0.4) is 0 Å². The van der Waals surface area contributed by atoms with Crippen molar-refractivity contribution < 1.29 is 9.59 Å². The molecule has 1 aromatic heterocycles. The summed E-state index contributed by atoms with van der Waals surface area (Å²) in [5.74, 6) is -0.198. The molecule has 0 fully saturated rings. The van der Waals surface area contributed by atoms with E-state index in [1.807, 2.05) is 56.3 Å². The van der Waals surface area contributed by atoms with Gasteiger partial charge in [-0.25, -0.2) is 4.98 Å². The van der Waals surface area contributed by atoms with Gasteiger partial charge in [-0.3, -0.25) is 9.59 Å². The van der Waals surface area contributed by atoms with E-state index in [0.29, 0.717) is 15.7 Å². The molecule has 0 aliphatic rings. The molecule has 1 amide bonds. The van der Waals surface area contributed by atoms with Gasteiger partial charge in [0.25, 0.3) is 0 Å². The number of carbonyl (C=O) groups is 2. The van der Waals surface area contributed by atoms with E-state index in [0.717, 1.165) is 16.7 Å². The molecular weight excluding hydrogens is 344 g/mol. The molecule has 0 atom stereocenters.